The molecule has 2 aromatic rings. The molecule has 2 aromatic carbocycles. The van der Waals surface area contributed by atoms with E-state index in [0.717, 1.165) is 69.6 Å². The molecule has 0 unspecified atom stereocenters. The number of hydrogen-bond acceptors (Lipinski definition) is 4. The zero-order valence-electron chi connectivity index (χ0n) is 18.6. The van der Waals surface area contributed by atoms with Crippen LogP contribution in [0.5, 0.6) is 5.75 Å². The maximum atomic E-state index is 5.76. The van der Waals surface area contributed by atoms with E-state index in [0.29, 0.717) is 6.61 Å². The minimum Gasteiger partial charge on any atom is -0.495 e. The van der Waals surface area contributed by atoms with Crippen molar-refractivity contribution in [2.24, 2.45) is 4.99 Å². The average molecular weight is 538 g/mol. The van der Waals surface area contributed by atoms with Crippen molar-refractivity contribution in [3.05, 3.63) is 60.2 Å². The number of ether oxygens (including phenoxy) is 2. The van der Waals surface area contributed by atoms with Gasteiger partial charge < -0.3 is 24.6 Å². The van der Waals surface area contributed by atoms with Crippen molar-refractivity contribution in [3.63, 3.8) is 0 Å². The van der Waals surface area contributed by atoms with E-state index in [2.05, 4.69) is 44.4 Å². The van der Waals surface area contributed by atoms with Gasteiger partial charge in [0.1, 0.15) is 5.75 Å². The molecule has 0 radical (unpaired) electrons. The van der Waals surface area contributed by atoms with Gasteiger partial charge in [-0.2, -0.15) is 0 Å². The van der Waals surface area contributed by atoms with Gasteiger partial charge in [0, 0.05) is 46.4 Å². The Hall–Kier alpha value is -2.00. The van der Waals surface area contributed by atoms with Crippen LogP contribution in [0.4, 0.5) is 5.69 Å². The Morgan fingerprint density at radius 3 is 2.39 bits per heavy atom. The summed E-state index contributed by atoms with van der Waals surface area (Å²) in [5.74, 6) is 1.92. The fourth-order valence-corrected chi connectivity index (χ4v) is 3.68. The van der Waals surface area contributed by atoms with E-state index in [4.69, 9.17) is 9.47 Å². The van der Waals surface area contributed by atoms with Crippen LogP contribution in [-0.4, -0.2) is 64.3 Å². The van der Waals surface area contributed by atoms with E-state index in [1.54, 1.807) is 7.11 Å². The Morgan fingerprint density at radius 2 is 1.68 bits per heavy atom. The van der Waals surface area contributed by atoms with Crippen LogP contribution in [0.15, 0.2) is 59.6 Å². The molecule has 0 amide bonds. The van der Waals surface area contributed by atoms with Crippen LogP contribution in [0, 0.1) is 0 Å². The highest BCUT2D eigenvalue weighted by Gasteiger charge is 2.21. The number of rotatable bonds is 9. The SMILES string of the molecule is CN=C(NCCCCOCc1ccccc1)N1CCN(c2ccccc2OC)CC1.I. The maximum absolute atomic E-state index is 5.76. The molecule has 0 spiro atoms. The Morgan fingerprint density at radius 1 is 0.968 bits per heavy atom. The van der Waals surface area contributed by atoms with Crippen LogP contribution >= 0.6 is 24.0 Å². The topological polar surface area (TPSA) is 49.3 Å². The molecule has 0 saturated carbocycles. The number of methoxy groups -OCH3 is 1. The molecule has 0 aromatic heterocycles. The van der Waals surface area contributed by atoms with Gasteiger partial charge in [-0.15, -0.1) is 24.0 Å². The summed E-state index contributed by atoms with van der Waals surface area (Å²) >= 11 is 0. The van der Waals surface area contributed by atoms with Crippen molar-refractivity contribution in [1.29, 1.82) is 0 Å². The lowest BCUT2D eigenvalue weighted by molar-refractivity contribution is 0.117. The summed E-state index contributed by atoms with van der Waals surface area (Å²) in [5, 5.41) is 3.50. The van der Waals surface area contributed by atoms with Gasteiger partial charge in [0.15, 0.2) is 5.96 Å². The number of hydrogen-bond donors (Lipinski definition) is 1. The summed E-state index contributed by atoms with van der Waals surface area (Å²) in [6.45, 7) is 6.17. The number of anilines is 1. The lowest BCUT2D eigenvalue weighted by atomic mass is 10.2. The first kappa shape index (κ1) is 25.3. The highest BCUT2D eigenvalue weighted by molar-refractivity contribution is 14.0. The second kappa shape index (κ2) is 14.1. The minimum absolute atomic E-state index is 0. The monoisotopic (exact) mass is 538 g/mol. The highest BCUT2D eigenvalue weighted by atomic mass is 127. The number of piperazine rings is 1. The smallest absolute Gasteiger partial charge is 0.193 e. The van der Waals surface area contributed by atoms with Gasteiger partial charge >= 0.3 is 0 Å². The molecule has 1 saturated heterocycles. The van der Waals surface area contributed by atoms with Crippen LogP contribution in [0.3, 0.4) is 0 Å². The Balaban J connectivity index is 0.00000341. The van der Waals surface area contributed by atoms with Crippen molar-refractivity contribution in [3.8, 4) is 5.75 Å². The first-order valence-corrected chi connectivity index (χ1v) is 10.8. The number of nitrogens with zero attached hydrogens (tertiary/aromatic N) is 3. The fourth-order valence-electron chi connectivity index (χ4n) is 3.68. The summed E-state index contributed by atoms with van der Waals surface area (Å²) in [7, 11) is 3.59. The molecule has 31 heavy (non-hydrogen) atoms. The number of unbranched alkanes of at least 4 members (excludes halogenated alkanes) is 1. The molecule has 1 aliphatic rings. The maximum Gasteiger partial charge on any atom is 0.193 e. The lowest BCUT2D eigenvalue weighted by Gasteiger charge is -2.38. The van der Waals surface area contributed by atoms with Crippen molar-refractivity contribution in [1.82, 2.24) is 10.2 Å². The molecular formula is C24H35IN4O2. The fraction of sp³-hybridized carbons (Fsp3) is 0.458. The van der Waals surface area contributed by atoms with Gasteiger partial charge in [-0.3, -0.25) is 4.99 Å². The highest BCUT2D eigenvalue weighted by Crippen LogP contribution is 2.28. The second-order valence-corrected chi connectivity index (χ2v) is 7.37. The molecular weight excluding hydrogens is 503 g/mol. The number of guanidine groups is 1. The van der Waals surface area contributed by atoms with Crippen LogP contribution in [0.2, 0.25) is 0 Å². The molecule has 1 fully saturated rings. The zero-order chi connectivity index (χ0) is 21.0. The number of aliphatic imine (C=N–C) groups is 1. The summed E-state index contributed by atoms with van der Waals surface area (Å²) in [5.41, 5.74) is 2.39. The molecule has 1 heterocycles. The normalized spacial score (nSPS) is 14.2. The molecule has 170 valence electrons. The Bertz CT molecular complexity index is 780. The van der Waals surface area contributed by atoms with E-state index in [-0.39, 0.29) is 24.0 Å². The first-order valence-electron chi connectivity index (χ1n) is 10.8. The molecule has 6 nitrogen and oxygen atoms in total. The quantitative estimate of drug-likeness (QED) is 0.227. The third-order valence-electron chi connectivity index (χ3n) is 5.33. The number of benzene rings is 2. The van der Waals surface area contributed by atoms with Crippen molar-refractivity contribution in [2.75, 3.05) is 58.4 Å². The van der Waals surface area contributed by atoms with E-state index in [9.17, 15) is 0 Å². The second-order valence-electron chi connectivity index (χ2n) is 7.37. The third kappa shape index (κ3) is 7.88. The van der Waals surface area contributed by atoms with Crippen molar-refractivity contribution < 1.29 is 9.47 Å². The summed E-state index contributed by atoms with van der Waals surface area (Å²) in [6, 6.07) is 18.5. The van der Waals surface area contributed by atoms with E-state index in [1.807, 2.05) is 37.4 Å². The number of nitrogens with one attached hydrogen (secondary N) is 1. The Labute approximate surface area is 203 Å². The summed E-state index contributed by atoms with van der Waals surface area (Å²) in [6.07, 6.45) is 2.10. The van der Waals surface area contributed by atoms with Crippen LogP contribution < -0.4 is 15.0 Å². The largest absolute Gasteiger partial charge is 0.495 e. The van der Waals surface area contributed by atoms with Gasteiger partial charge in [0.05, 0.1) is 19.4 Å². The zero-order valence-corrected chi connectivity index (χ0v) is 21.0. The van der Waals surface area contributed by atoms with Crippen molar-refractivity contribution in [2.45, 2.75) is 19.4 Å². The molecule has 0 atom stereocenters. The number of halogens is 1. The molecule has 1 N–H and O–H groups in total. The molecule has 7 heteroatoms. The van der Waals surface area contributed by atoms with Gasteiger partial charge in [-0.25, -0.2) is 0 Å². The molecule has 1 aliphatic heterocycles. The lowest BCUT2D eigenvalue weighted by Crippen LogP contribution is -2.52. The van der Waals surface area contributed by atoms with E-state index < -0.39 is 0 Å². The number of para-hydroxylation sites is 2. The standard InChI is InChI=1S/C24H34N4O2.HI/c1-25-24(26-14-8-9-19-30-20-21-10-4-3-5-11-21)28-17-15-27(16-18-28)22-12-6-7-13-23(22)29-2;/h3-7,10-13H,8-9,14-20H2,1-2H3,(H,25,26);1H. The summed E-state index contributed by atoms with van der Waals surface area (Å²) in [4.78, 5) is 9.19. The van der Waals surface area contributed by atoms with Gasteiger partial charge in [0.2, 0.25) is 0 Å². The van der Waals surface area contributed by atoms with Crippen molar-refractivity contribution >= 4 is 35.6 Å². The predicted molar refractivity (Wildman–Crippen MR) is 139 cm³/mol. The third-order valence-corrected chi connectivity index (χ3v) is 5.33. The first-order chi connectivity index (χ1) is 14.8. The molecule has 0 bridgehead atoms. The average Bonchev–Trinajstić information content (AvgIpc) is 2.82. The van der Waals surface area contributed by atoms with Gasteiger partial charge in [0.25, 0.3) is 0 Å². The summed E-state index contributed by atoms with van der Waals surface area (Å²) < 4.78 is 11.3. The van der Waals surface area contributed by atoms with Gasteiger partial charge in [-0.05, 0) is 30.5 Å². The predicted octanol–water partition coefficient (Wildman–Crippen LogP) is 4.01. The van der Waals surface area contributed by atoms with Crippen LogP contribution in [0.1, 0.15) is 18.4 Å². The minimum atomic E-state index is 0. The van der Waals surface area contributed by atoms with E-state index in [1.165, 1.54) is 5.56 Å². The van der Waals surface area contributed by atoms with Crippen LogP contribution in [-0.2, 0) is 11.3 Å². The van der Waals surface area contributed by atoms with E-state index >= 15 is 0 Å². The van der Waals surface area contributed by atoms with Crippen LogP contribution in [0.25, 0.3) is 0 Å². The molecule has 0 aliphatic carbocycles. The van der Waals surface area contributed by atoms with Gasteiger partial charge in [-0.1, -0.05) is 42.5 Å². The Kier molecular flexibility index (Phi) is 11.5. The molecule has 3 rings (SSSR count).